The molecule has 0 saturated heterocycles. The van der Waals surface area contributed by atoms with Crippen LogP contribution in [0.3, 0.4) is 0 Å². The van der Waals surface area contributed by atoms with Gasteiger partial charge in [-0.25, -0.2) is 9.18 Å². The summed E-state index contributed by atoms with van der Waals surface area (Å²) in [5, 5.41) is 2.83. The van der Waals surface area contributed by atoms with Crippen LogP contribution in [0.2, 0.25) is 0 Å². The molecule has 146 valence electrons. The van der Waals surface area contributed by atoms with Crippen LogP contribution >= 0.6 is 0 Å². The van der Waals surface area contributed by atoms with Gasteiger partial charge in [-0.3, -0.25) is 4.79 Å². The van der Waals surface area contributed by atoms with E-state index >= 15 is 0 Å². The van der Waals surface area contributed by atoms with Crippen molar-refractivity contribution < 1.29 is 36.7 Å². The average Bonchev–Trinajstić information content (AvgIpc) is 3.09. The summed E-state index contributed by atoms with van der Waals surface area (Å²) in [6.45, 7) is -2.99. The zero-order chi connectivity index (χ0) is 20.3. The van der Waals surface area contributed by atoms with Crippen molar-refractivity contribution in [3.05, 3.63) is 65.7 Å². The number of alkyl halides is 2. The zero-order valence-electron chi connectivity index (χ0n) is 14.4. The van der Waals surface area contributed by atoms with Crippen LogP contribution in [-0.4, -0.2) is 25.6 Å². The number of fused-ring (bicyclic) bond motifs is 1. The highest BCUT2D eigenvalue weighted by Crippen LogP contribution is 2.23. The van der Waals surface area contributed by atoms with Gasteiger partial charge < -0.3 is 19.2 Å². The molecule has 3 rings (SSSR count). The Balaban J connectivity index is 1.83. The first-order chi connectivity index (χ1) is 13.4. The van der Waals surface area contributed by atoms with Gasteiger partial charge in [0.2, 0.25) is 0 Å². The van der Waals surface area contributed by atoms with Gasteiger partial charge in [0.1, 0.15) is 17.1 Å². The van der Waals surface area contributed by atoms with Crippen molar-refractivity contribution >= 4 is 22.8 Å². The van der Waals surface area contributed by atoms with Crippen molar-refractivity contribution in [1.29, 1.82) is 0 Å². The Bertz CT molecular complexity index is 1000. The molecule has 0 spiro atoms. The summed E-state index contributed by atoms with van der Waals surface area (Å²) in [5.41, 5.74) is 0.582. The first-order valence-electron chi connectivity index (χ1n) is 8.00. The Morgan fingerprint density at radius 2 is 1.79 bits per heavy atom. The standard InChI is InChI=1S/C19H14F3NO5/c1-26-18(25)16(10-2-5-13(6-3-10)27-19(21)22)23-17(24)15-9-11-8-12(20)4-7-14(11)28-15/h2-9,16,19H,1H3,(H,23,24)/t16-/m0/s1. The number of carbonyl (C=O) groups is 2. The van der Waals surface area contributed by atoms with E-state index in [1.54, 1.807) is 0 Å². The van der Waals surface area contributed by atoms with E-state index in [1.807, 2.05) is 0 Å². The zero-order valence-corrected chi connectivity index (χ0v) is 14.4. The van der Waals surface area contributed by atoms with Crippen molar-refractivity contribution in [1.82, 2.24) is 5.32 Å². The van der Waals surface area contributed by atoms with Crippen molar-refractivity contribution in [2.45, 2.75) is 12.7 Å². The van der Waals surface area contributed by atoms with Crippen LogP contribution in [-0.2, 0) is 9.53 Å². The number of amides is 1. The average molecular weight is 393 g/mol. The molecule has 0 saturated carbocycles. The minimum absolute atomic E-state index is 0.104. The summed E-state index contributed by atoms with van der Waals surface area (Å²) < 4.78 is 52.1. The molecular weight excluding hydrogens is 379 g/mol. The monoisotopic (exact) mass is 393 g/mol. The number of hydrogen-bond acceptors (Lipinski definition) is 5. The Labute approximate surface area is 156 Å². The minimum Gasteiger partial charge on any atom is -0.467 e. The summed E-state index contributed by atoms with van der Waals surface area (Å²) in [7, 11) is 1.14. The van der Waals surface area contributed by atoms with Gasteiger partial charge in [0, 0.05) is 5.39 Å². The van der Waals surface area contributed by atoms with Gasteiger partial charge in [0.15, 0.2) is 11.8 Å². The molecule has 1 aromatic heterocycles. The Kier molecular flexibility index (Phi) is 5.53. The molecule has 0 fully saturated rings. The van der Waals surface area contributed by atoms with E-state index in [1.165, 1.54) is 48.5 Å². The highest BCUT2D eigenvalue weighted by Gasteiger charge is 2.26. The molecule has 6 nitrogen and oxygen atoms in total. The maximum Gasteiger partial charge on any atom is 0.387 e. The second kappa shape index (κ2) is 8.03. The second-order valence-corrected chi connectivity index (χ2v) is 5.67. The summed E-state index contributed by atoms with van der Waals surface area (Å²) >= 11 is 0. The van der Waals surface area contributed by atoms with Crippen molar-refractivity contribution in [3.63, 3.8) is 0 Å². The SMILES string of the molecule is COC(=O)[C@@H](NC(=O)c1cc2cc(F)ccc2o1)c1ccc(OC(F)F)cc1. The van der Waals surface area contributed by atoms with Crippen LogP contribution < -0.4 is 10.1 Å². The minimum atomic E-state index is -2.99. The molecule has 28 heavy (non-hydrogen) atoms. The largest absolute Gasteiger partial charge is 0.467 e. The van der Waals surface area contributed by atoms with Crippen LogP contribution in [0.4, 0.5) is 13.2 Å². The molecule has 1 atom stereocenters. The van der Waals surface area contributed by atoms with E-state index in [4.69, 9.17) is 4.42 Å². The van der Waals surface area contributed by atoms with Crippen LogP contribution in [0.15, 0.2) is 52.9 Å². The first kappa shape index (κ1) is 19.3. The van der Waals surface area contributed by atoms with Crippen LogP contribution in [0.5, 0.6) is 5.75 Å². The molecule has 2 aromatic carbocycles. The third-order valence-electron chi connectivity index (χ3n) is 3.85. The van der Waals surface area contributed by atoms with E-state index in [0.717, 1.165) is 7.11 Å². The number of hydrogen-bond donors (Lipinski definition) is 1. The van der Waals surface area contributed by atoms with Crippen LogP contribution in [0.1, 0.15) is 22.2 Å². The van der Waals surface area contributed by atoms with E-state index < -0.39 is 30.3 Å². The van der Waals surface area contributed by atoms with E-state index in [-0.39, 0.29) is 17.1 Å². The molecule has 1 N–H and O–H groups in total. The second-order valence-electron chi connectivity index (χ2n) is 5.67. The first-order valence-corrected chi connectivity index (χ1v) is 8.00. The Morgan fingerprint density at radius 3 is 2.43 bits per heavy atom. The van der Waals surface area contributed by atoms with Crippen molar-refractivity contribution in [2.75, 3.05) is 7.11 Å². The number of methoxy groups -OCH3 is 1. The van der Waals surface area contributed by atoms with Crippen LogP contribution in [0, 0.1) is 5.82 Å². The van der Waals surface area contributed by atoms with E-state index in [9.17, 15) is 22.8 Å². The van der Waals surface area contributed by atoms with E-state index in [2.05, 4.69) is 14.8 Å². The van der Waals surface area contributed by atoms with Gasteiger partial charge in [0.25, 0.3) is 5.91 Å². The lowest BCUT2D eigenvalue weighted by atomic mass is 10.1. The Morgan fingerprint density at radius 1 is 1.07 bits per heavy atom. The van der Waals surface area contributed by atoms with Crippen molar-refractivity contribution in [2.24, 2.45) is 0 Å². The number of nitrogens with one attached hydrogen (secondary N) is 1. The molecular formula is C19H14F3NO5. The van der Waals surface area contributed by atoms with Gasteiger partial charge in [-0.2, -0.15) is 8.78 Å². The maximum atomic E-state index is 13.3. The van der Waals surface area contributed by atoms with Gasteiger partial charge in [-0.05, 0) is 42.0 Å². The van der Waals surface area contributed by atoms with Gasteiger partial charge in [-0.1, -0.05) is 12.1 Å². The van der Waals surface area contributed by atoms with Gasteiger partial charge in [0.05, 0.1) is 7.11 Å². The third-order valence-corrected chi connectivity index (χ3v) is 3.85. The van der Waals surface area contributed by atoms with Crippen molar-refractivity contribution in [3.8, 4) is 5.75 Å². The molecule has 9 heteroatoms. The molecule has 0 radical (unpaired) electrons. The molecule has 0 aliphatic heterocycles. The number of ether oxygens (including phenoxy) is 2. The summed E-state index contributed by atoms with van der Waals surface area (Å²) in [4.78, 5) is 24.6. The number of benzene rings is 2. The lowest BCUT2D eigenvalue weighted by Gasteiger charge is -2.16. The summed E-state index contributed by atoms with van der Waals surface area (Å²) in [5.74, 6) is -2.24. The maximum absolute atomic E-state index is 13.3. The predicted octanol–water partition coefficient (Wildman–Crippen LogP) is 3.82. The number of halogens is 3. The number of carbonyl (C=O) groups excluding carboxylic acids is 2. The molecule has 0 aliphatic rings. The molecule has 1 heterocycles. The lowest BCUT2D eigenvalue weighted by molar-refractivity contribution is -0.143. The predicted molar refractivity (Wildman–Crippen MR) is 91.5 cm³/mol. The van der Waals surface area contributed by atoms with E-state index in [0.29, 0.717) is 11.0 Å². The number of furan rings is 1. The normalized spacial score (nSPS) is 12.0. The highest BCUT2D eigenvalue weighted by molar-refractivity contribution is 5.98. The number of esters is 1. The van der Waals surface area contributed by atoms with Crippen LogP contribution in [0.25, 0.3) is 11.0 Å². The fourth-order valence-corrected chi connectivity index (χ4v) is 2.57. The summed E-state index contributed by atoms with van der Waals surface area (Å²) in [6.07, 6.45) is 0. The smallest absolute Gasteiger partial charge is 0.387 e. The molecule has 0 aliphatic carbocycles. The summed E-state index contributed by atoms with van der Waals surface area (Å²) in [6, 6.07) is 9.02. The number of rotatable bonds is 6. The molecule has 1 amide bonds. The fraction of sp³-hybridized carbons (Fsp3) is 0.158. The fourth-order valence-electron chi connectivity index (χ4n) is 2.57. The topological polar surface area (TPSA) is 77.8 Å². The Hall–Kier alpha value is -3.49. The molecule has 3 aromatic rings. The quantitative estimate of drug-likeness (QED) is 0.645. The molecule has 0 unspecified atom stereocenters. The highest BCUT2D eigenvalue weighted by atomic mass is 19.3. The van der Waals surface area contributed by atoms with Gasteiger partial charge >= 0.3 is 12.6 Å². The molecule has 0 bridgehead atoms. The lowest BCUT2D eigenvalue weighted by Crippen LogP contribution is -2.34. The third kappa shape index (κ3) is 4.25. The van der Waals surface area contributed by atoms with Gasteiger partial charge in [-0.15, -0.1) is 0 Å².